The van der Waals surface area contributed by atoms with Gasteiger partial charge in [-0.15, -0.1) is 0 Å². The van der Waals surface area contributed by atoms with Gasteiger partial charge in [-0.25, -0.2) is 0 Å². The first-order valence-electron chi connectivity index (χ1n) is 7.44. The maximum Gasteiger partial charge on any atom is 0.242 e. The van der Waals surface area contributed by atoms with E-state index in [1.54, 1.807) is 6.92 Å². The lowest BCUT2D eigenvalue weighted by molar-refractivity contribution is -0.135. The van der Waals surface area contributed by atoms with Crippen molar-refractivity contribution in [3.63, 3.8) is 0 Å². The van der Waals surface area contributed by atoms with E-state index >= 15 is 0 Å². The number of nitrogens with zero attached hydrogens (tertiary/aromatic N) is 1. The second-order valence-electron chi connectivity index (χ2n) is 5.78. The Kier molecular flexibility index (Phi) is 6.42. The molecule has 1 saturated heterocycles. The van der Waals surface area contributed by atoms with Gasteiger partial charge in [0.25, 0.3) is 0 Å². The molecule has 1 atom stereocenters. The maximum atomic E-state index is 12.4. The Morgan fingerprint density at radius 1 is 1.30 bits per heavy atom. The van der Waals surface area contributed by atoms with E-state index in [1.807, 2.05) is 20.8 Å². The predicted molar refractivity (Wildman–Crippen MR) is 79.4 cm³/mol. The molecule has 2 amide bonds. The highest BCUT2D eigenvalue weighted by atomic mass is 16.2. The zero-order chi connectivity index (χ0) is 15.2. The number of piperazine rings is 1. The van der Waals surface area contributed by atoms with Gasteiger partial charge < -0.3 is 16.0 Å². The van der Waals surface area contributed by atoms with Crippen LogP contribution in [0.3, 0.4) is 0 Å². The predicted octanol–water partition coefficient (Wildman–Crippen LogP) is -0.299. The van der Waals surface area contributed by atoms with Gasteiger partial charge >= 0.3 is 0 Å². The molecule has 0 aliphatic carbocycles. The number of nitrogens with one attached hydrogen (secondary N) is 3. The molecule has 0 aromatic rings. The van der Waals surface area contributed by atoms with Crippen LogP contribution in [0.5, 0.6) is 0 Å². The van der Waals surface area contributed by atoms with Crippen molar-refractivity contribution in [1.29, 1.82) is 0 Å². The highest BCUT2D eigenvalue weighted by Gasteiger charge is 2.36. The average molecular weight is 284 g/mol. The van der Waals surface area contributed by atoms with Crippen LogP contribution in [-0.4, -0.2) is 61.0 Å². The van der Waals surface area contributed by atoms with Crippen LogP contribution in [0, 0.1) is 0 Å². The minimum absolute atomic E-state index is 0.0986. The van der Waals surface area contributed by atoms with Crippen molar-refractivity contribution >= 4 is 11.8 Å². The van der Waals surface area contributed by atoms with Gasteiger partial charge in [0.1, 0.15) is 6.04 Å². The molecule has 20 heavy (non-hydrogen) atoms. The molecule has 1 aliphatic rings. The lowest BCUT2D eigenvalue weighted by Crippen LogP contribution is -2.62. The van der Waals surface area contributed by atoms with Crippen molar-refractivity contribution in [2.24, 2.45) is 0 Å². The Morgan fingerprint density at radius 3 is 2.45 bits per heavy atom. The smallest absolute Gasteiger partial charge is 0.242 e. The zero-order valence-electron chi connectivity index (χ0n) is 13.1. The largest absolute Gasteiger partial charge is 0.354 e. The molecule has 1 heterocycles. The van der Waals surface area contributed by atoms with Gasteiger partial charge in [-0.2, -0.15) is 0 Å². The topological polar surface area (TPSA) is 73.5 Å². The van der Waals surface area contributed by atoms with Crippen LogP contribution in [0.1, 0.15) is 34.1 Å². The van der Waals surface area contributed by atoms with Gasteiger partial charge in [0, 0.05) is 32.7 Å². The van der Waals surface area contributed by atoms with E-state index in [0.717, 1.165) is 32.6 Å². The summed E-state index contributed by atoms with van der Waals surface area (Å²) in [5.74, 6) is -0.227. The van der Waals surface area contributed by atoms with E-state index in [9.17, 15) is 9.59 Å². The van der Waals surface area contributed by atoms with Gasteiger partial charge in [0.05, 0.1) is 5.54 Å². The molecule has 0 aromatic carbocycles. The third-order valence-corrected chi connectivity index (χ3v) is 3.75. The van der Waals surface area contributed by atoms with Gasteiger partial charge in [-0.1, -0.05) is 6.92 Å². The first-order chi connectivity index (χ1) is 9.39. The normalized spacial score (nSPS) is 18.4. The highest BCUT2D eigenvalue weighted by molar-refractivity contribution is 5.91. The fourth-order valence-electron chi connectivity index (χ4n) is 2.21. The summed E-state index contributed by atoms with van der Waals surface area (Å²) in [7, 11) is 0. The maximum absolute atomic E-state index is 12.4. The molecule has 0 spiro atoms. The summed E-state index contributed by atoms with van der Waals surface area (Å²) >= 11 is 0. The van der Waals surface area contributed by atoms with Crippen LogP contribution in [0.2, 0.25) is 0 Å². The Morgan fingerprint density at radius 2 is 1.90 bits per heavy atom. The first kappa shape index (κ1) is 16.9. The Labute approximate surface area is 121 Å². The highest BCUT2D eigenvalue weighted by Crippen LogP contribution is 2.15. The van der Waals surface area contributed by atoms with Crippen LogP contribution in [0.25, 0.3) is 0 Å². The summed E-state index contributed by atoms with van der Waals surface area (Å²) in [6, 6.07) is -0.503. The molecular formula is C14H28N4O2. The molecule has 0 bridgehead atoms. The number of amides is 2. The van der Waals surface area contributed by atoms with E-state index in [2.05, 4.69) is 20.9 Å². The summed E-state index contributed by atoms with van der Waals surface area (Å²) in [6.07, 6.45) is 0.888. The number of carbonyl (C=O) groups is 2. The second-order valence-corrected chi connectivity index (χ2v) is 5.78. The summed E-state index contributed by atoms with van der Waals surface area (Å²) in [5.41, 5.74) is -0.596. The summed E-state index contributed by atoms with van der Waals surface area (Å²) in [6.45, 7) is 11.6. The van der Waals surface area contributed by atoms with Crippen LogP contribution < -0.4 is 16.0 Å². The molecule has 6 heteroatoms. The van der Waals surface area contributed by atoms with Crippen molar-refractivity contribution in [1.82, 2.24) is 20.9 Å². The number of carbonyl (C=O) groups excluding carboxylic acids is 2. The number of hydrogen-bond acceptors (Lipinski definition) is 4. The van der Waals surface area contributed by atoms with Crippen LogP contribution in [-0.2, 0) is 9.59 Å². The monoisotopic (exact) mass is 284 g/mol. The van der Waals surface area contributed by atoms with E-state index in [1.165, 1.54) is 0 Å². The molecule has 0 radical (unpaired) electrons. The molecule has 0 saturated carbocycles. The van der Waals surface area contributed by atoms with E-state index in [0.29, 0.717) is 6.54 Å². The molecule has 1 fully saturated rings. The van der Waals surface area contributed by atoms with E-state index in [4.69, 9.17) is 0 Å². The van der Waals surface area contributed by atoms with Crippen molar-refractivity contribution in [2.75, 3.05) is 32.7 Å². The third kappa shape index (κ3) is 4.45. The minimum Gasteiger partial charge on any atom is -0.354 e. The number of rotatable bonds is 6. The average Bonchev–Trinajstić information content (AvgIpc) is 2.45. The Balaban J connectivity index is 2.53. The van der Waals surface area contributed by atoms with Gasteiger partial charge in [0.15, 0.2) is 0 Å². The molecule has 116 valence electrons. The van der Waals surface area contributed by atoms with Gasteiger partial charge in [-0.05, 0) is 27.2 Å². The molecule has 3 N–H and O–H groups in total. The molecule has 1 aliphatic heterocycles. The lowest BCUT2D eigenvalue weighted by atomic mass is 10.00. The third-order valence-electron chi connectivity index (χ3n) is 3.75. The van der Waals surface area contributed by atoms with Gasteiger partial charge in [0.2, 0.25) is 11.8 Å². The quantitative estimate of drug-likeness (QED) is 0.626. The summed E-state index contributed by atoms with van der Waals surface area (Å²) in [5, 5.41) is 8.87. The Hall–Kier alpha value is -1.14. The SMILES string of the molecule is CCCNC(=O)C(C)NC(=O)C(C)(C)N1CCNCC1. The van der Waals surface area contributed by atoms with Crippen molar-refractivity contribution in [2.45, 2.75) is 45.7 Å². The zero-order valence-corrected chi connectivity index (χ0v) is 13.1. The molecule has 0 aromatic heterocycles. The van der Waals surface area contributed by atoms with E-state index in [-0.39, 0.29) is 11.8 Å². The van der Waals surface area contributed by atoms with E-state index < -0.39 is 11.6 Å². The van der Waals surface area contributed by atoms with Gasteiger partial charge in [-0.3, -0.25) is 14.5 Å². The standard InChI is InChI=1S/C14H28N4O2/c1-5-6-16-12(19)11(2)17-13(20)14(3,4)18-9-7-15-8-10-18/h11,15H,5-10H2,1-4H3,(H,16,19)(H,17,20). The minimum atomic E-state index is -0.596. The van der Waals surface area contributed by atoms with Crippen molar-refractivity contribution < 1.29 is 9.59 Å². The summed E-state index contributed by atoms with van der Waals surface area (Å²) < 4.78 is 0. The fraction of sp³-hybridized carbons (Fsp3) is 0.857. The molecular weight excluding hydrogens is 256 g/mol. The fourth-order valence-corrected chi connectivity index (χ4v) is 2.21. The van der Waals surface area contributed by atoms with Crippen molar-refractivity contribution in [3.05, 3.63) is 0 Å². The second kappa shape index (κ2) is 7.59. The summed E-state index contributed by atoms with van der Waals surface area (Å²) in [4.78, 5) is 26.3. The van der Waals surface area contributed by atoms with Crippen LogP contribution >= 0.6 is 0 Å². The van der Waals surface area contributed by atoms with Crippen LogP contribution in [0.15, 0.2) is 0 Å². The Bertz CT molecular complexity index is 338. The van der Waals surface area contributed by atoms with Crippen molar-refractivity contribution in [3.8, 4) is 0 Å². The molecule has 1 unspecified atom stereocenters. The number of hydrogen-bond donors (Lipinski definition) is 3. The lowest BCUT2D eigenvalue weighted by Gasteiger charge is -2.40. The molecule has 1 rings (SSSR count). The molecule has 6 nitrogen and oxygen atoms in total. The van der Waals surface area contributed by atoms with Crippen LogP contribution in [0.4, 0.5) is 0 Å². The first-order valence-corrected chi connectivity index (χ1v) is 7.44.